The molecule has 1 aromatic carbocycles. The first-order valence-electron chi connectivity index (χ1n) is 8.90. The summed E-state index contributed by atoms with van der Waals surface area (Å²) >= 11 is 0. The topological polar surface area (TPSA) is 33.5 Å². The summed E-state index contributed by atoms with van der Waals surface area (Å²) in [6.07, 6.45) is 7.01. The van der Waals surface area contributed by atoms with Gasteiger partial charge < -0.3 is 10.2 Å². The molecule has 2 N–H and O–H groups in total. The zero-order chi connectivity index (χ0) is 15.4. The van der Waals surface area contributed by atoms with Gasteiger partial charge >= 0.3 is 0 Å². The van der Waals surface area contributed by atoms with E-state index in [0.29, 0.717) is 11.9 Å². The molecule has 2 aliphatic rings. The van der Waals surface area contributed by atoms with Gasteiger partial charge in [0.05, 0.1) is 13.1 Å². The van der Waals surface area contributed by atoms with E-state index in [1.165, 1.54) is 36.8 Å². The maximum Gasteiger partial charge on any atom is 0.223 e. The van der Waals surface area contributed by atoms with Gasteiger partial charge in [-0.2, -0.15) is 0 Å². The van der Waals surface area contributed by atoms with Crippen molar-refractivity contribution >= 4 is 5.91 Å². The SMILES string of the molecule is Cc1ccc(C[NH+]2CCC(C(=O)NC3CCCC3)CC2)cc1. The summed E-state index contributed by atoms with van der Waals surface area (Å²) in [5.74, 6) is 0.573. The first-order valence-corrected chi connectivity index (χ1v) is 8.90. The van der Waals surface area contributed by atoms with Crippen molar-refractivity contribution in [1.82, 2.24) is 5.32 Å². The van der Waals surface area contributed by atoms with Crippen molar-refractivity contribution in [2.24, 2.45) is 5.92 Å². The molecule has 22 heavy (non-hydrogen) atoms. The van der Waals surface area contributed by atoms with Crippen LogP contribution in [0.4, 0.5) is 0 Å². The highest BCUT2D eigenvalue weighted by molar-refractivity contribution is 5.79. The summed E-state index contributed by atoms with van der Waals surface area (Å²) in [6.45, 7) is 5.47. The van der Waals surface area contributed by atoms with E-state index in [1.807, 2.05) is 0 Å². The molecule has 3 heteroatoms. The zero-order valence-corrected chi connectivity index (χ0v) is 13.7. The zero-order valence-electron chi connectivity index (χ0n) is 13.7. The van der Waals surface area contributed by atoms with Crippen molar-refractivity contribution in [2.45, 2.75) is 58.0 Å². The van der Waals surface area contributed by atoms with E-state index in [1.54, 1.807) is 4.90 Å². The van der Waals surface area contributed by atoms with E-state index in [9.17, 15) is 4.79 Å². The summed E-state index contributed by atoms with van der Waals surface area (Å²) < 4.78 is 0. The van der Waals surface area contributed by atoms with Crippen LogP contribution in [-0.4, -0.2) is 25.0 Å². The van der Waals surface area contributed by atoms with Crippen LogP contribution >= 0.6 is 0 Å². The predicted octanol–water partition coefficient (Wildman–Crippen LogP) is 1.85. The van der Waals surface area contributed by atoms with E-state index >= 15 is 0 Å². The van der Waals surface area contributed by atoms with Crippen molar-refractivity contribution in [3.63, 3.8) is 0 Å². The molecule has 1 saturated carbocycles. The van der Waals surface area contributed by atoms with E-state index in [-0.39, 0.29) is 5.92 Å². The van der Waals surface area contributed by atoms with Gasteiger partial charge in [0, 0.05) is 30.4 Å². The standard InChI is InChI=1S/C19H28N2O/c1-15-6-8-16(9-7-15)14-21-12-10-17(11-13-21)19(22)20-18-4-2-3-5-18/h6-9,17-18H,2-5,10-14H2,1H3,(H,20,22)/p+1. The molecule has 1 aromatic rings. The second-order valence-electron chi connectivity index (χ2n) is 7.18. The third-order valence-electron chi connectivity index (χ3n) is 5.34. The van der Waals surface area contributed by atoms with Gasteiger partial charge in [0.15, 0.2) is 0 Å². The molecule has 0 atom stereocenters. The molecule has 120 valence electrons. The van der Waals surface area contributed by atoms with Crippen molar-refractivity contribution in [2.75, 3.05) is 13.1 Å². The van der Waals surface area contributed by atoms with Crippen LogP contribution in [0.25, 0.3) is 0 Å². The molecule has 1 amide bonds. The third-order valence-corrected chi connectivity index (χ3v) is 5.34. The van der Waals surface area contributed by atoms with Gasteiger partial charge in [-0.25, -0.2) is 0 Å². The number of quaternary nitrogens is 1. The summed E-state index contributed by atoms with van der Waals surface area (Å²) in [5.41, 5.74) is 2.73. The number of hydrogen-bond donors (Lipinski definition) is 2. The molecule has 0 bridgehead atoms. The van der Waals surface area contributed by atoms with Crippen LogP contribution in [-0.2, 0) is 11.3 Å². The van der Waals surface area contributed by atoms with Gasteiger partial charge in [0.2, 0.25) is 5.91 Å². The van der Waals surface area contributed by atoms with Gasteiger partial charge in [-0.15, -0.1) is 0 Å². The Balaban J connectivity index is 1.43. The number of piperidine rings is 1. The second kappa shape index (κ2) is 7.28. The van der Waals surface area contributed by atoms with Gasteiger partial charge in [-0.1, -0.05) is 42.7 Å². The average molecular weight is 301 g/mol. The number of rotatable bonds is 4. The Morgan fingerprint density at radius 3 is 2.36 bits per heavy atom. The first kappa shape index (κ1) is 15.5. The van der Waals surface area contributed by atoms with Gasteiger partial charge in [-0.05, 0) is 19.8 Å². The van der Waals surface area contributed by atoms with Crippen molar-refractivity contribution in [3.8, 4) is 0 Å². The highest BCUT2D eigenvalue weighted by atomic mass is 16.1. The van der Waals surface area contributed by atoms with Crippen molar-refractivity contribution in [1.29, 1.82) is 0 Å². The maximum absolute atomic E-state index is 12.3. The fourth-order valence-corrected chi connectivity index (χ4v) is 3.85. The molecule has 0 unspecified atom stereocenters. The largest absolute Gasteiger partial charge is 0.353 e. The minimum Gasteiger partial charge on any atom is -0.353 e. The molecule has 0 spiro atoms. The Morgan fingerprint density at radius 1 is 1.09 bits per heavy atom. The van der Waals surface area contributed by atoms with Crippen LogP contribution in [0.3, 0.4) is 0 Å². The van der Waals surface area contributed by atoms with Gasteiger partial charge in [0.1, 0.15) is 6.54 Å². The molecule has 0 radical (unpaired) electrons. The number of nitrogens with one attached hydrogen (secondary N) is 2. The molecular formula is C19H29N2O+. The monoisotopic (exact) mass is 301 g/mol. The molecular weight excluding hydrogens is 272 g/mol. The van der Waals surface area contributed by atoms with E-state index < -0.39 is 0 Å². The summed E-state index contributed by atoms with van der Waals surface area (Å²) in [4.78, 5) is 14.0. The van der Waals surface area contributed by atoms with E-state index in [2.05, 4.69) is 36.5 Å². The lowest BCUT2D eigenvalue weighted by atomic mass is 9.95. The Hall–Kier alpha value is -1.35. The molecule has 2 fully saturated rings. The Kier molecular flexibility index (Phi) is 5.14. The van der Waals surface area contributed by atoms with Gasteiger partial charge in [-0.3, -0.25) is 4.79 Å². The molecule has 1 saturated heterocycles. The minimum absolute atomic E-state index is 0.252. The number of amides is 1. The highest BCUT2D eigenvalue weighted by Gasteiger charge is 2.29. The highest BCUT2D eigenvalue weighted by Crippen LogP contribution is 2.19. The molecule has 3 nitrogen and oxygen atoms in total. The third kappa shape index (κ3) is 4.10. The lowest BCUT2D eigenvalue weighted by molar-refractivity contribution is -0.919. The maximum atomic E-state index is 12.3. The Morgan fingerprint density at radius 2 is 1.73 bits per heavy atom. The predicted molar refractivity (Wildman–Crippen MR) is 88.7 cm³/mol. The van der Waals surface area contributed by atoms with Crippen LogP contribution < -0.4 is 10.2 Å². The number of likely N-dealkylation sites (tertiary alicyclic amines) is 1. The molecule has 3 rings (SSSR count). The quantitative estimate of drug-likeness (QED) is 0.874. The van der Waals surface area contributed by atoms with Crippen LogP contribution in [0, 0.1) is 12.8 Å². The number of carbonyl (C=O) groups excluding carboxylic acids is 1. The van der Waals surface area contributed by atoms with Gasteiger partial charge in [0.25, 0.3) is 0 Å². The van der Waals surface area contributed by atoms with E-state index in [4.69, 9.17) is 0 Å². The Labute approximate surface area is 134 Å². The lowest BCUT2D eigenvalue weighted by Gasteiger charge is -2.29. The smallest absolute Gasteiger partial charge is 0.223 e. The lowest BCUT2D eigenvalue weighted by Crippen LogP contribution is -3.11. The summed E-state index contributed by atoms with van der Waals surface area (Å²) in [6, 6.07) is 9.32. The molecule has 1 aliphatic carbocycles. The summed E-state index contributed by atoms with van der Waals surface area (Å²) in [7, 11) is 0. The fourth-order valence-electron chi connectivity index (χ4n) is 3.85. The van der Waals surface area contributed by atoms with Crippen LogP contribution in [0.5, 0.6) is 0 Å². The second-order valence-corrected chi connectivity index (χ2v) is 7.18. The summed E-state index contributed by atoms with van der Waals surface area (Å²) in [5, 5.41) is 3.27. The molecule has 1 aliphatic heterocycles. The molecule has 1 heterocycles. The van der Waals surface area contributed by atoms with E-state index in [0.717, 1.165) is 32.5 Å². The first-order chi connectivity index (χ1) is 10.7. The van der Waals surface area contributed by atoms with Crippen LogP contribution in [0.15, 0.2) is 24.3 Å². The number of hydrogen-bond acceptors (Lipinski definition) is 1. The normalized spacial score (nSPS) is 26.0. The minimum atomic E-state index is 0.252. The Bertz CT molecular complexity index is 483. The van der Waals surface area contributed by atoms with Crippen molar-refractivity contribution < 1.29 is 9.69 Å². The van der Waals surface area contributed by atoms with Crippen LogP contribution in [0.2, 0.25) is 0 Å². The number of carbonyl (C=O) groups is 1. The van der Waals surface area contributed by atoms with Crippen molar-refractivity contribution in [3.05, 3.63) is 35.4 Å². The fraction of sp³-hybridized carbons (Fsp3) is 0.632. The number of aryl methyl sites for hydroxylation is 1. The molecule has 0 aromatic heterocycles. The average Bonchev–Trinajstić information content (AvgIpc) is 3.03. The number of benzene rings is 1. The van der Waals surface area contributed by atoms with Crippen LogP contribution in [0.1, 0.15) is 49.7 Å².